The molecular weight excluding hydrogens is 487 g/mol. The third-order valence-electron chi connectivity index (χ3n) is 4.16. The van der Waals surface area contributed by atoms with Crippen molar-refractivity contribution >= 4 is 54.5 Å². The monoisotopic (exact) mass is 501 g/mol. The summed E-state index contributed by atoms with van der Waals surface area (Å²) in [6, 6.07) is 2.05. The Hall–Kier alpha value is -1.00. The Balaban J connectivity index is 1.73. The zero-order chi connectivity index (χ0) is 16.7. The molecule has 1 fully saturated rings. The number of rotatable bonds is 3. The quantitative estimate of drug-likeness (QED) is 0.651. The third kappa shape index (κ3) is 2.88. The van der Waals surface area contributed by atoms with Gasteiger partial charge in [-0.15, -0.1) is 0 Å². The summed E-state index contributed by atoms with van der Waals surface area (Å²) in [5, 5.41) is 7.13. The molecule has 0 unspecified atom stereocenters. The molecule has 2 aromatic heterocycles. The van der Waals surface area contributed by atoms with Crippen molar-refractivity contribution < 1.29 is 8.78 Å². The molecule has 5 nitrogen and oxygen atoms in total. The Morgan fingerprint density at radius 2 is 2.08 bits per heavy atom. The summed E-state index contributed by atoms with van der Waals surface area (Å²) < 4.78 is 29.6. The molecule has 2 aliphatic heterocycles. The van der Waals surface area contributed by atoms with Crippen molar-refractivity contribution in [2.24, 2.45) is 0 Å². The van der Waals surface area contributed by atoms with Gasteiger partial charge < -0.3 is 0 Å². The molecule has 0 saturated carbocycles. The first kappa shape index (κ1) is 16.5. The van der Waals surface area contributed by atoms with Gasteiger partial charge in [0.25, 0.3) is 0 Å². The van der Waals surface area contributed by atoms with E-state index >= 15 is 0 Å². The van der Waals surface area contributed by atoms with Gasteiger partial charge in [-0.1, -0.05) is 0 Å². The van der Waals surface area contributed by atoms with E-state index in [1.807, 2.05) is 6.20 Å². The van der Waals surface area contributed by atoms with E-state index in [9.17, 15) is 8.78 Å². The number of alkyl halides is 2. The van der Waals surface area contributed by atoms with Crippen molar-refractivity contribution in [2.45, 2.75) is 6.55 Å². The molecular formula is C15H14BrF2N5Sn. The molecule has 0 amide bonds. The van der Waals surface area contributed by atoms with Crippen LogP contribution >= 0.6 is 15.9 Å². The Morgan fingerprint density at radius 3 is 2.79 bits per heavy atom. The first-order valence-corrected chi connectivity index (χ1v) is 11.2. The molecule has 1 saturated heterocycles. The molecule has 0 bridgehead atoms. The van der Waals surface area contributed by atoms with Crippen molar-refractivity contribution in [1.82, 2.24) is 20.1 Å². The normalized spacial score (nSPS) is 17.8. The van der Waals surface area contributed by atoms with Crippen molar-refractivity contribution in [2.75, 3.05) is 31.1 Å². The second-order valence-corrected chi connectivity index (χ2v) is 9.88. The standard InChI is InChI=1S/C15H14BrF2N5.Sn/c16-13(7-11-8-21-23(10-11)15(17)18)12-9-20-2-1-14(12)22-5-3-19-4-6-22;/h1-2,8,10,15,19H,3-6H2;. The second-order valence-electron chi connectivity index (χ2n) is 5.59. The predicted octanol–water partition coefficient (Wildman–Crippen LogP) is 1.65. The number of piperazine rings is 1. The maximum atomic E-state index is 12.8. The number of halogens is 3. The minimum atomic E-state index is -2.61. The number of anilines is 1. The van der Waals surface area contributed by atoms with Gasteiger partial charge in [-0.25, -0.2) is 0 Å². The van der Waals surface area contributed by atoms with Crippen LogP contribution in [0, 0.1) is 0 Å². The molecule has 2 radical (unpaired) electrons. The Morgan fingerprint density at radius 1 is 1.29 bits per heavy atom. The van der Waals surface area contributed by atoms with Crippen LogP contribution in [0.15, 0.2) is 24.7 Å². The van der Waals surface area contributed by atoms with Crippen LogP contribution < -0.4 is 13.9 Å². The number of hydrogen-bond acceptors (Lipinski definition) is 4. The second kappa shape index (κ2) is 6.72. The summed E-state index contributed by atoms with van der Waals surface area (Å²) in [6.45, 7) is 1.24. The fraction of sp³-hybridized carbons (Fsp3) is 0.333. The van der Waals surface area contributed by atoms with Crippen molar-refractivity contribution in [1.29, 1.82) is 0 Å². The average molecular weight is 501 g/mol. The van der Waals surface area contributed by atoms with Gasteiger partial charge in [0.2, 0.25) is 0 Å². The van der Waals surface area contributed by atoms with E-state index in [2.05, 4.69) is 42.3 Å². The van der Waals surface area contributed by atoms with Crippen LogP contribution in [0.4, 0.5) is 14.5 Å². The number of fused-ring (bicyclic) bond motifs is 1. The van der Waals surface area contributed by atoms with Crippen molar-refractivity contribution in [3.63, 3.8) is 0 Å². The van der Waals surface area contributed by atoms with E-state index in [0.29, 0.717) is 4.68 Å². The summed E-state index contributed by atoms with van der Waals surface area (Å²) in [5.74, 6) is 0. The van der Waals surface area contributed by atoms with E-state index in [1.165, 1.54) is 18.1 Å². The van der Waals surface area contributed by atoms with Crippen LogP contribution in [-0.4, -0.2) is 62.1 Å². The van der Waals surface area contributed by atoms with Crippen LogP contribution in [-0.2, 0) is 0 Å². The molecule has 0 spiro atoms. The number of hydrogen-bond donors (Lipinski definition) is 1. The zero-order valence-corrected chi connectivity index (χ0v) is 17.1. The van der Waals surface area contributed by atoms with Gasteiger partial charge in [-0.2, -0.15) is 0 Å². The first-order valence-electron chi connectivity index (χ1n) is 7.59. The van der Waals surface area contributed by atoms with Crippen LogP contribution in [0.25, 0.3) is 8.07 Å². The summed E-state index contributed by atoms with van der Waals surface area (Å²) >= 11 is 2.57. The van der Waals surface area contributed by atoms with E-state index in [1.54, 1.807) is 0 Å². The van der Waals surface area contributed by atoms with Crippen LogP contribution in [0.5, 0.6) is 0 Å². The van der Waals surface area contributed by atoms with E-state index in [-0.39, 0.29) is 0 Å². The SMILES string of the molecule is FC(F)n1cc([C]2=C(Br)c3c(N4CCNCC4)ccn[c]3[Sn]2)cn1. The van der Waals surface area contributed by atoms with Gasteiger partial charge in [0.05, 0.1) is 0 Å². The number of nitrogens with one attached hydrogen (secondary N) is 1. The molecule has 2 aliphatic rings. The summed E-state index contributed by atoms with van der Waals surface area (Å²) in [7, 11) is 0. The fourth-order valence-corrected chi connectivity index (χ4v) is 8.41. The summed E-state index contributed by atoms with van der Waals surface area (Å²) in [6.07, 6.45) is 4.82. The number of nitrogens with zero attached hydrogens (tertiary/aromatic N) is 4. The van der Waals surface area contributed by atoms with Gasteiger partial charge in [-0.3, -0.25) is 0 Å². The number of aromatic nitrogens is 3. The summed E-state index contributed by atoms with van der Waals surface area (Å²) in [4.78, 5) is 6.93. The van der Waals surface area contributed by atoms with E-state index in [0.717, 1.165) is 49.1 Å². The fourth-order valence-electron chi connectivity index (χ4n) is 3.00. The van der Waals surface area contributed by atoms with Gasteiger partial charge >= 0.3 is 157 Å². The van der Waals surface area contributed by atoms with Crippen LogP contribution in [0.1, 0.15) is 17.7 Å². The molecule has 9 heteroatoms. The molecule has 0 aliphatic carbocycles. The minimum absolute atomic E-state index is 0.704. The van der Waals surface area contributed by atoms with Crippen molar-refractivity contribution in [3.05, 3.63) is 35.8 Å². The topological polar surface area (TPSA) is 46.0 Å². The van der Waals surface area contributed by atoms with Gasteiger partial charge in [-0.05, 0) is 0 Å². The molecule has 0 atom stereocenters. The Bertz CT molecular complexity index is 801. The first-order chi connectivity index (χ1) is 11.6. The van der Waals surface area contributed by atoms with Gasteiger partial charge in [0, 0.05) is 0 Å². The molecule has 0 aromatic carbocycles. The number of pyridine rings is 1. The predicted molar refractivity (Wildman–Crippen MR) is 93.9 cm³/mol. The summed E-state index contributed by atoms with van der Waals surface area (Å²) in [5.41, 5.74) is 3.11. The van der Waals surface area contributed by atoms with E-state index < -0.39 is 27.7 Å². The van der Waals surface area contributed by atoms with E-state index in [4.69, 9.17) is 0 Å². The van der Waals surface area contributed by atoms with Crippen molar-refractivity contribution in [3.8, 4) is 0 Å². The Labute approximate surface area is 156 Å². The molecule has 1 N–H and O–H groups in total. The molecule has 24 heavy (non-hydrogen) atoms. The van der Waals surface area contributed by atoms with Crippen LogP contribution in [0.2, 0.25) is 0 Å². The van der Waals surface area contributed by atoms with Gasteiger partial charge in [0.15, 0.2) is 0 Å². The zero-order valence-electron chi connectivity index (χ0n) is 12.6. The molecule has 124 valence electrons. The maximum absolute atomic E-state index is 12.8. The molecule has 2 aromatic rings. The average Bonchev–Trinajstić information content (AvgIpc) is 3.21. The molecule has 4 rings (SSSR count). The molecule has 4 heterocycles. The van der Waals surface area contributed by atoms with Crippen LogP contribution in [0.3, 0.4) is 0 Å². The third-order valence-corrected chi connectivity index (χ3v) is 10.0. The van der Waals surface area contributed by atoms with Gasteiger partial charge in [0.1, 0.15) is 0 Å². The Kier molecular flexibility index (Phi) is 4.61.